The molecule has 1 heterocycles. The maximum absolute atomic E-state index is 10.3. The van der Waals surface area contributed by atoms with Crippen LogP contribution in [0.15, 0.2) is 0 Å². The van der Waals surface area contributed by atoms with Crippen LogP contribution < -0.4 is 16.4 Å². The normalized spacial score (nSPS) is 9.76. The number of hydrogen-bond acceptors (Lipinski definition) is 7. The van der Waals surface area contributed by atoms with Crippen LogP contribution in [0.5, 0.6) is 0 Å². The first-order valence-corrected chi connectivity index (χ1v) is 5.31. The van der Waals surface area contributed by atoms with Gasteiger partial charge in [-0.05, 0) is 18.5 Å². The molecule has 0 aromatic carbocycles. The molecule has 0 aliphatic carbocycles. The first-order valence-electron chi connectivity index (χ1n) is 4.93. The van der Waals surface area contributed by atoms with E-state index >= 15 is 0 Å². The quantitative estimate of drug-likeness (QED) is 0.637. The lowest BCUT2D eigenvalue weighted by Gasteiger charge is -2.07. The number of ether oxygens (including phenoxy) is 1. The van der Waals surface area contributed by atoms with Gasteiger partial charge >= 0.3 is 6.09 Å². The van der Waals surface area contributed by atoms with Gasteiger partial charge in [-0.2, -0.15) is 15.0 Å². The van der Waals surface area contributed by atoms with E-state index in [0.29, 0.717) is 25.0 Å². The highest BCUT2D eigenvalue weighted by molar-refractivity contribution is 6.28. The highest BCUT2D eigenvalue weighted by Crippen LogP contribution is 2.08. The molecule has 0 saturated heterocycles. The van der Waals surface area contributed by atoms with Crippen LogP contribution >= 0.6 is 11.6 Å². The number of amides is 1. The summed E-state index contributed by atoms with van der Waals surface area (Å²) in [5.74, 6) is 0.680. The topological polar surface area (TPSA) is 115 Å². The van der Waals surface area contributed by atoms with Crippen molar-refractivity contribution in [2.24, 2.45) is 5.73 Å². The van der Waals surface area contributed by atoms with E-state index in [1.807, 2.05) is 6.92 Å². The van der Waals surface area contributed by atoms with Gasteiger partial charge in [0.2, 0.25) is 17.2 Å². The minimum absolute atomic E-state index is 0.0780. The van der Waals surface area contributed by atoms with E-state index in [2.05, 4.69) is 30.3 Å². The SMILES string of the molecule is CCNc1nc(Cl)nc(NCCOC(N)=O)n1. The van der Waals surface area contributed by atoms with Crippen molar-refractivity contribution in [2.75, 3.05) is 30.3 Å². The second-order valence-corrected chi connectivity index (χ2v) is 3.21. The lowest BCUT2D eigenvalue weighted by molar-refractivity contribution is 0.161. The van der Waals surface area contributed by atoms with Crippen LogP contribution in [0.1, 0.15) is 6.92 Å². The molecule has 0 bridgehead atoms. The molecule has 8 nitrogen and oxygen atoms in total. The number of hydrogen-bond donors (Lipinski definition) is 3. The molecule has 1 aromatic heterocycles. The van der Waals surface area contributed by atoms with Crippen molar-refractivity contribution in [3.63, 3.8) is 0 Å². The van der Waals surface area contributed by atoms with Gasteiger partial charge in [0.05, 0.1) is 6.54 Å². The van der Waals surface area contributed by atoms with Crippen LogP contribution in [-0.2, 0) is 4.74 Å². The number of primary amides is 1. The zero-order valence-corrected chi connectivity index (χ0v) is 9.99. The smallest absolute Gasteiger partial charge is 0.404 e. The molecule has 0 fully saturated rings. The summed E-state index contributed by atoms with van der Waals surface area (Å²) in [5.41, 5.74) is 4.80. The first kappa shape index (κ1) is 13.2. The lowest BCUT2D eigenvalue weighted by Crippen LogP contribution is -2.19. The number of anilines is 2. The maximum atomic E-state index is 10.3. The molecule has 1 aromatic rings. The number of halogens is 1. The Hall–Kier alpha value is -1.83. The summed E-state index contributed by atoms with van der Waals surface area (Å²) in [4.78, 5) is 22.1. The molecule has 0 atom stereocenters. The minimum atomic E-state index is -0.825. The van der Waals surface area contributed by atoms with Gasteiger partial charge in [-0.15, -0.1) is 0 Å². The van der Waals surface area contributed by atoms with E-state index < -0.39 is 6.09 Å². The number of carbonyl (C=O) groups excluding carboxylic acids is 1. The fraction of sp³-hybridized carbons (Fsp3) is 0.500. The minimum Gasteiger partial charge on any atom is -0.448 e. The van der Waals surface area contributed by atoms with E-state index in [4.69, 9.17) is 17.3 Å². The van der Waals surface area contributed by atoms with Crippen LogP contribution in [0.2, 0.25) is 5.28 Å². The van der Waals surface area contributed by atoms with Crippen molar-refractivity contribution in [1.29, 1.82) is 0 Å². The Morgan fingerprint density at radius 2 is 2.00 bits per heavy atom. The van der Waals surface area contributed by atoms with E-state index in [0.717, 1.165) is 0 Å². The Morgan fingerprint density at radius 3 is 2.59 bits per heavy atom. The summed E-state index contributed by atoms with van der Waals surface area (Å²) in [6.45, 7) is 3.03. The van der Waals surface area contributed by atoms with Crippen LogP contribution in [0.25, 0.3) is 0 Å². The number of aromatic nitrogens is 3. The van der Waals surface area contributed by atoms with Gasteiger partial charge in [-0.25, -0.2) is 4.79 Å². The fourth-order valence-electron chi connectivity index (χ4n) is 0.981. The van der Waals surface area contributed by atoms with Gasteiger partial charge in [0, 0.05) is 6.54 Å². The molecule has 94 valence electrons. The van der Waals surface area contributed by atoms with E-state index in [1.54, 1.807) is 0 Å². The average Bonchev–Trinajstić information content (AvgIpc) is 2.24. The number of nitrogens with one attached hydrogen (secondary N) is 2. The van der Waals surface area contributed by atoms with Crippen LogP contribution in [-0.4, -0.2) is 40.7 Å². The molecular formula is C8H13ClN6O2. The van der Waals surface area contributed by atoms with Gasteiger partial charge < -0.3 is 21.1 Å². The molecule has 0 radical (unpaired) electrons. The maximum Gasteiger partial charge on any atom is 0.404 e. The Bertz CT molecular complexity index is 388. The van der Waals surface area contributed by atoms with Crippen molar-refractivity contribution >= 4 is 29.6 Å². The summed E-state index contributed by atoms with van der Waals surface area (Å²) < 4.78 is 4.53. The summed E-state index contributed by atoms with van der Waals surface area (Å²) in [7, 11) is 0. The predicted molar refractivity (Wildman–Crippen MR) is 63.0 cm³/mol. The van der Waals surface area contributed by atoms with Crippen LogP contribution in [0, 0.1) is 0 Å². The fourth-order valence-corrected chi connectivity index (χ4v) is 1.14. The third-order valence-corrected chi connectivity index (χ3v) is 1.74. The van der Waals surface area contributed by atoms with Gasteiger partial charge in [0.1, 0.15) is 6.61 Å². The Morgan fingerprint density at radius 1 is 1.35 bits per heavy atom. The molecule has 17 heavy (non-hydrogen) atoms. The highest BCUT2D eigenvalue weighted by atomic mass is 35.5. The van der Waals surface area contributed by atoms with Crippen molar-refractivity contribution in [1.82, 2.24) is 15.0 Å². The van der Waals surface area contributed by atoms with Gasteiger partial charge in [-0.3, -0.25) is 0 Å². The molecule has 0 aliphatic rings. The Labute approximate surface area is 103 Å². The average molecular weight is 261 g/mol. The second kappa shape index (κ2) is 6.69. The third-order valence-electron chi connectivity index (χ3n) is 1.57. The monoisotopic (exact) mass is 260 g/mol. The van der Waals surface area contributed by atoms with E-state index in [-0.39, 0.29) is 11.9 Å². The van der Waals surface area contributed by atoms with E-state index in [1.165, 1.54) is 0 Å². The van der Waals surface area contributed by atoms with Gasteiger partial charge in [-0.1, -0.05) is 0 Å². The zero-order valence-electron chi connectivity index (χ0n) is 9.23. The third kappa shape index (κ3) is 5.16. The van der Waals surface area contributed by atoms with Gasteiger partial charge in [0.15, 0.2) is 0 Å². The summed E-state index contributed by atoms with van der Waals surface area (Å²) in [6, 6.07) is 0. The summed E-state index contributed by atoms with van der Waals surface area (Å²) in [5, 5.41) is 5.80. The largest absolute Gasteiger partial charge is 0.448 e. The number of nitrogens with zero attached hydrogens (tertiary/aromatic N) is 3. The molecule has 4 N–H and O–H groups in total. The molecule has 1 amide bonds. The molecule has 0 spiro atoms. The molecular weight excluding hydrogens is 248 g/mol. The van der Waals surface area contributed by atoms with Gasteiger partial charge in [0.25, 0.3) is 0 Å². The lowest BCUT2D eigenvalue weighted by atomic mass is 10.6. The first-order chi connectivity index (χ1) is 8.11. The second-order valence-electron chi connectivity index (χ2n) is 2.88. The van der Waals surface area contributed by atoms with Crippen molar-refractivity contribution in [3.8, 4) is 0 Å². The van der Waals surface area contributed by atoms with Crippen molar-refractivity contribution in [2.45, 2.75) is 6.92 Å². The Kier molecular flexibility index (Phi) is 5.21. The molecule has 0 aliphatic heterocycles. The number of nitrogens with two attached hydrogens (primary N) is 1. The number of carbonyl (C=O) groups is 1. The Balaban J connectivity index is 2.49. The van der Waals surface area contributed by atoms with Crippen LogP contribution in [0.4, 0.5) is 16.7 Å². The van der Waals surface area contributed by atoms with Crippen molar-refractivity contribution < 1.29 is 9.53 Å². The van der Waals surface area contributed by atoms with E-state index in [9.17, 15) is 4.79 Å². The summed E-state index contributed by atoms with van der Waals surface area (Å²) >= 11 is 5.70. The summed E-state index contributed by atoms with van der Waals surface area (Å²) in [6.07, 6.45) is -0.825. The molecule has 1 rings (SSSR count). The molecule has 0 unspecified atom stereocenters. The number of rotatable bonds is 6. The zero-order chi connectivity index (χ0) is 12.7. The van der Waals surface area contributed by atoms with Crippen LogP contribution in [0.3, 0.4) is 0 Å². The molecule has 9 heteroatoms. The molecule has 0 saturated carbocycles. The standard InChI is InChI=1S/C8H13ClN6O2/c1-2-11-7-13-5(9)14-8(15-7)12-3-4-17-6(10)16/h2-4H2,1H3,(H2,10,16)(H2,11,12,13,14,15). The highest BCUT2D eigenvalue weighted by Gasteiger charge is 2.03. The predicted octanol–water partition coefficient (Wildman–Crippen LogP) is 0.464. The van der Waals surface area contributed by atoms with Crippen molar-refractivity contribution in [3.05, 3.63) is 5.28 Å².